The third kappa shape index (κ3) is 4.81. The summed E-state index contributed by atoms with van der Waals surface area (Å²) in [6, 6.07) is 0.747. The molecule has 1 fully saturated rings. The summed E-state index contributed by atoms with van der Waals surface area (Å²) in [7, 11) is 6.77. The second-order valence-electron chi connectivity index (χ2n) is 5.34. The highest BCUT2D eigenvalue weighted by molar-refractivity contribution is 4.75. The first-order valence-corrected chi connectivity index (χ1v) is 6.70. The average molecular weight is 227 g/mol. The van der Waals surface area contributed by atoms with E-state index in [0.29, 0.717) is 0 Å². The Morgan fingerprint density at radius 3 is 2.25 bits per heavy atom. The monoisotopic (exact) mass is 227 g/mol. The molecule has 0 N–H and O–H groups in total. The Morgan fingerprint density at radius 1 is 0.938 bits per heavy atom. The summed E-state index contributed by atoms with van der Waals surface area (Å²) in [6.07, 6.45) is 4.02. The van der Waals surface area contributed by atoms with Gasteiger partial charge in [0.15, 0.2) is 0 Å². The predicted molar refractivity (Wildman–Crippen MR) is 70.9 cm³/mol. The summed E-state index contributed by atoms with van der Waals surface area (Å²) in [5.74, 6) is 0. The molecule has 1 rings (SSSR count). The van der Waals surface area contributed by atoms with Crippen LogP contribution in [0.5, 0.6) is 0 Å². The fourth-order valence-electron chi connectivity index (χ4n) is 2.31. The van der Waals surface area contributed by atoms with Crippen molar-refractivity contribution < 1.29 is 0 Å². The van der Waals surface area contributed by atoms with Crippen molar-refractivity contribution in [3.05, 3.63) is 0 Å². The van der Waals surface area contributed by atoms with Crippen molar-refractivity contribution in [2.24, 2.45) is 0 Å². The molecule has 1 aliphatic heterocycles. The van der Waals surface area contributed by atoms with E-state index in [0.717, 1.165) is 6.04 Å². The predicted octanol–water partition coefficient (Wildman–Crippen LogP) is 1.35. The average Bonchev–Trinajstić information content (AvgIpc) is 2.32. The highest BCUT2D eigenvalue weighted by atomic mass is 15.2. The molecular formula is C13H29N3. The van der Waals surface area contributed by atoms with Gasteiger partial charge in [0.05, 0.1) is 0 Å². The Labute approximate surface area is 101 Å². The maximum absolute atomic E-state index is 2.55. The van der Waals surface area contributed by atoms with E-state index in [2.05, 4.69) is 42.8 Å². The van der Waals surface area contributed by atoms with Gasteiger partial charge in [0.25, 0.3) is 0 Å². The minimum atomic E-state index is 0.747. The lowest BCUT2D eigenvalue weighted by Crippen LogP contribution is -2.41. The fourth-order valence-corrected chi connectivity index (χ4v) is 2.31. The molecule has 0 spiro atoms. The van der Waals surface area contributed by atoms with E-state index in [4.69, 9.17) is 0 Å². The molecule has 0 saturated carbocycles. The van der Waals surface area contributed by atoms with Crippen molar-refractivity contribution in [3.63, 3.8) is 0 Å². The summed E-state index contributed by atoms with van der Waals surface area (Å²) in [6.45, 7) is 8.32. The number of nitrogens with zero attached hydrogens (tertiary/aromatic N) is 3. The van der Waals surface area contributed by atoms with Crippen LogP contribution in [-0.2, 0) is 0 Å². The maximum atomic E-state index is 2.55. The van der Waals surface area contributed by atoms with Gasteiger partial charge in [-0.3, -0.25) is 0 Å². The van der Waals surface area contributed by atoms with Gasteiger partial charge in [-0.2, -0.15) is 0 Å². The molecule has 1 saturated heterocycles. The summed E-state index contributed by atoms with van der Waals surface area (Å²) in [5.41, 5.74) is 0. The quantitative estimate of drug-likeness (QED) is 0.721. The molecule has 1 heterocycles. The summed E-state index contributed by atoms with van der Waals surface area (Å²) < 4.78 is 0. The molecule has 0 radical (unpaired) electrons. The normalized spacial score (nSPS) is 27.4. The van der Waals surface area contributed by atoms with Crippen LogP contribution in [0.3, 0.4) is 0 Å². The molecule has 96 valence electrons. The zero-order chi connectivity index (χ0) is 12.0. The minimum Gasteiger partial charge on any atom is -0.304 e. The number of unbranched alkanes of at least 4 members (excludes halogenated alkanes) is 1. The van der Waals surface area contributed by atoms with Crippen LogP contribution in [0, 0.1) is 0 Å². The Bertz CT molecular complexity index is 184. The molecule has 0 amide bonds. The standard InChI is InChI=1S/C13H29N3/c1-5-6-7-13-12-15(3)9-8-14(2)10-11-16(13)4/h13H,5-12H2,1-4H3. The van der Waals surface area contributed by atoms with Crippen molar-refractivity contribution >= 4 is 0 Å². The molecule has 0 aromatic rings. The van der Waals surface area contributed by atoms with Crippen LogP contribution in [0.25, 0.3) is 0 Å². The van der Waals surface area contributed by atoms with Gasteiger partial charge in [-0.05, 0) is 27.6 Å². The number of likely N-dealkylation sites (N-methyl/N-ethyl adjacent to an activating group) is 3. The molecule has 3 heteroatoms. The highest BCUT2D eigenvalue weighted by Crippen LogP contribution is 2.10. The second kappa shape index (κ2) is 7.25. The van der Waals surface area contributed by atoms with E-state index >= 15 is 0 Å². The lowest BCUT2D eigenvalue weighted by Gasteiger charge is -2.30. The Kier molecular flexibility index (Phi) is 6.32. The largest absolute Gasteiger partial charge is 0.304 e. The molecular weight excluding hydrogens is 198 g/mol. The van der Waals surface area contributed by atoms with Gasteiger partial charge < -0.3 is 14.7 Å². The first-order chi connectivity index (χ1) is 7.63. The first kappa shape index (κ1) is 13.9. The van der Waals surface area contributed by atoms with E-state index < -0.39 is 0 Å². The van der Waals surface area contributed by atoms with Crippen LogP contribution in [0.1, 0.15) is 26.2 Å². The summed E-state index contributed by atoms with van der Waals surface area (Å²) in [5, 5.41) is 0. The highest BCUT2D eigenvalue weighted by Gasteiger charge is 2.18. The number of hydrogen-bond acceptors (Lipinski definition) is 3. The van der Waals surface area contributed by atoms with E-state index in [1.54, 1.807) is 0 Å². The molecule has 3 nitrogen and oxygen atoms in total. The van der Waals surface area contributed by atoms with E-state index in [9.17, 15) is 0 Å². The van der Waals surface area contributed by atoms with Crippen molar-refractivity contribution in [2.75, 3.05) is 53.9 Å². The molecule has 0 aromatic heterocycles. The SMILES string of the molecule is CCCCC1CN(C)CCN(C)CCN1C. The van der Waals surface area contributed by atoms with Gasteiger partial charge in [-0.1, -0.05) is 19.8 Å². The van der Waals surface area contributed by atoms with Crippen LogP contribution in [0.2, 0.25) is 0 Å². The Hall–Kier alpha value is -0.120. The van der Waals surface area contributed by atoms with Crippen LogP contribution < -0.4 is 0 Å². The maximum Gasteiger partial charge on any atom is 0.0220 e. The third-order valence-corrected chi connectivity index (χ3v) is 3.73. The van der Waals surface area contributed by atoms with Crippen LogP contribution >= 0.6 is 0 Å². The van der Waals surface area contributed by atoms with Crippen LogP contribution in [0.15, 0.2) is 0 Å². The number of hydrogen-bond donors (Lipinski definition) is 0. The first-order valence-electron chi connectivity index (χ1n) is 6.70. The van der Waals surface area contributed by atoms with Crippen LogP contribution in [-0.4, -0.2) is 74.6 Å². The number of rotatable bonds is 3. The van der Waals surface area contributed by atoms with Gasteiger partial charge in [-0.25, -0.2) is 0 Å². The molecule has 1 unspecified atom stereocenters. The smallest absolute Gasteiger partial charge is 0.0220 e. The molecule has 0 bridgehead atoms. The zero-order valence-corrected chi connectivity index (χ0v) is 11.6. The van der Waals surface area contributed by atoms with Crippen molar-refractivity contribution in [1.82, 2.24) is 14.7 Å². The molecule has 1 aliphatic rings. The van der Waals surface area contributed by atoms with Gasteiger partial charge in [-0.15, -0.1) is 0 Å². The Balaban J connectivity index is 2.50. The van der Waals surface area contributed by atoms with Gasteiger partial charge in [0.2, 0.25) is 0 Å². The van der Waals surface area contributed by atoms with Crippen molar-refractivity contribution in [3.8, 4) is 0 Å². The van der Waals surface area contributed by atoms with E-state index in [1.807, 2.05) is 0 Å². The minimum absolute atomic E-state index is 0.747. The molecule has 1 atom stereocenters. The Morgan fingerprint density at radius 2 is 1.56 bits per heavy atom. The summed E-state index contributed by atoms with van der Waals surface area (Å²) in [4.78, 5) is 7.47. The van der Waals surface area contributed by atoms with Gasteiger partial charge in [0, 0.05) is 38.8 Å². The fraction of sp³-hybridized carbons (Fsp3) is 1.00. The molecule has 0 aromatic carbocycles. The van der Waals surface area contributed by atoms with Gasteiger partial charge >= 0.3 is 0 Å². The van der Waals surface area contributed by atoms with Crippen molar-refractivity contribution in [1.29, 1.82) is 0 Å². The lowest BCUT2D eigenvalue weighted by atomic mass is 10.1. The summed E-state index contributed by atoms with van der Waals surface area (Å²) >= 11 is 0. The van der Waals surface area contributed by atoms with E-state index in [1.165, 1.54) is 52.0 Å². The third-order valence-electron chi connectivity index (χ3n) is 3.73. The second-order valence-corrected chi connectivity index (χ2v) is 5.34. The van der Waals surface area contributed by atoms with Crippen LogP contribution in [0.4, 0.5) is 0 Å². The lowest BCUT2D eigenvalue weighted by molar-refractivity contribution is 0.180. The molecule has 0 aliphatic carbocycles. The van der Waals surface area contributed by atoms with E-state index in [-0.39, 0.29) is 0 Å². The topological polar surface area (TPSA) is 9.72 Å². The zero-order valence-electron chi connectivity index (χ0n) is 11.6. The molecule has 16 heavy (non-hydrogen) atoms. The van der Waals surface area contributed by atoms with Crippen molar-refractivity contribution in [2.45, 2.75) is 32.2 Å². The van der Waals surface area contributed by atoms with Gasteiger partial charge in [0.1, 0.15) is 0 Å².